The number of anilines is 1. The van der Waals surface area contributed by atoms with E-state index in [9.17, 15) is 13.2 Å². The van der Waals surface area contributed by atoms with Crippen LogP contribution in [-0.4, -0.2) is 17.6 Å². The summed E-state index contributed by atoms with van der Waals surface area (Å²) < 4.78 is 42.2. The molecule has 1 atom stereocenters. The van der Waals surface area contributed by atoms with E-state index in [1.54, 1.807) is 6.26 Å². The summed E-state index contributed by atoms with van der Waals surface area (Å²) in [5.41, 5.74) is -0.328. The molecule has 1 unspecified atom stereocenters. The molecule has 2 heterocycles. The van der Waals surface area contributed by atoms with Gasteiger partial charge < -0.3 is 10.1 Å². The van der Waals surface area contributed by atoms with Crippen molar-refractivity contribution in [2.45, 2.75) is 25.1 Å². The van der Waals surface area contributed by atoms with Crippen molar-refractivity contribution >= 4 is 5.69 Å². The molecule has 0 fully saturated rings. The predicted octanol–water partition coefficient (Wildman–Crippen LogP) is 3.21. The van der Waals surface area contributed by atoms with Gasteiger partial charge in [0.15, 0.2) is 0 Å². The molecule has 1 aromatic heterocycles. The van der Waals surface area contributed by atoms with Crippen LogP contribution in [0.4, 0.5) is 18.9 Å². The number of nitrogens with one attached hydrogen (secondary N) is 1. The number of rotatable bonds is 3. The van der Waals surface area contributed by atoms with Crippen molar-refractivity contribution in [3.63, 3.8) is 0 Å². The quantitative estimate of drug-likeness (QED) is 0.904. The first-order valence-corrected chi connectivity index (χ1v) is 5.63. The van der Waals surface area contributed by atoms with Gasteiger partial charge in [-0.1, -0.05) is 0 Å². The van der Waals surface area contributed by atoms with Gasteiger partial charge in [-0.15, -0.1) is 0 Å². The fraction of sp³-hybridized carbons (Fsp3) is 0.417. The first-order valence-electron chi connectivity index (χ1n) is 5.63. The summed E-state index contributed by atoms with van der Waals surface area (Å²) in [4.78, 5) is 3.37. The largest absolute Gasteiger partial charge is 0.497 e. The van der Waals surface area contributed by atoms with E-state index in [2.05, 4.69) is 10.3 Å². The molecule has 0 bridgehead atoms. The first-order chi connectivity index (χ1) is 8.55. The summed E-state index contributed by atoms with van der Waals surface area (Å²) >= 11 is 0. The van der Waals surface area contributed by atoms with Crippen molar-refractivity contribution in [3.8, 4) is 0 Å². The highest BCUT2D eigenvalue weighted by Crippen LogP contribution is 2.27. The molecule has 0 saturated carbocycles. The fourth-order valence-electron chi connectivity index (χ4n) is 1.63. The Balaban J connectivity index is 1.88. The van der Waals surface area contributed by atoms with E-state index >= 15 is 0 Å². The topological polar surface area (TPSA) is 34.1 Å². The molecule has 1 aliphatic rings. The molecular formula is C12H13F3N2O. The maximum absolute atomic E-state index is 12.3. The molecule has 0 amide bonds. The normalized spacial score (nSPS) is 19.4. The van der Waals surface area contributed by atoms with Gasteiger partial charge in [-0.2, -0.15) is 13.2 Å². The summed E-state index contributed by atoms with van der Waals surface area (Å²) in [6, 6.07) is 2.33. The van der Waals surface area contributed by atoms with Crippen molar-refractivity contribution in [1.82, 2.24) is 4.98 Å². The van der Waals surface area contributed by atoms with Crippen LogP contribution in [0.15, 0.2) is 30.7 Å². The third-order valence-corrected chi connectivity index (χ3v) is 2.61. The molecule has 2 rings (SSSR count). The van der Waals surface area contributed by atoms with Crippen LogP contribution in [-0.2, 0) is 10.9 Å². The zero-order chi connectivity index (χ0) is 13.0. The third kappa shape index (κ3) is 3.38. The lowest BCUT2D eigenvalue weighted by atomic mass is 10.1. The van der Waals surface area contributed by atoms with Crippen LogP contribution in [0.1, 0.15) is 18.5 Å². The van der Waals surface area contributed by atoms with Crippen LogP contribution in [0.5, 0.6) is 0 Å². The van der Waals surface area contributed by atoms with Crippen LogP contribution >= 0.6 is 0 Å². The Morgan fingerprint density at radius 1 is 1.39 bits per heavy atom. The molecule has 6 heteroatoms. The van der Waals surface area contributed by atoms with Crippen molar-refractivity contribution in [3.05, 3.63) is 36.4 Å². The summed E-state index contributed by atoms with van der Waals surface area (Å²) in [5.74, 6) is 0. The average Bonchev–Trinajstić information content (AvgIpc) is 2.37. The molecule has 0 spiro atoms. The van der Waals surface area contributed by atoms with Gasteiger partial charge in [0, 0.05) is 0 Å². The summed E-state index contributed by atoms with van der Waals surface area (Å²) in [7, 11) is 0. The van der Waals surface area contributed by atoms with E-state index in [-0.39, 0.29) is 6.10 Å². The van der Waals surface area contributed by atoms with E-state index in [0.717, 1.165) is 18.9 Å². The minimum atomic E-state index is -4.39. The molecule has 1 N–H and O–H groups in total. The van der Waals surface area contributed by atoms with Gasteiger partial charge in [0.05, 0.1) is 24.7 Å². The summed E-state index contributed by atoms with van der Waals surface area (Å²) in [6.45, 7) is 0.553. The predicted molar refractivity (Wildman–Crippen MR) is 61.0 cm³/mol. The Morgan fingerprint density at radius 2 is 2.22 bits per heavy atom. The van der Waals surface area contributed by atoms with Gasteiger partial charge in [-0.05, 0) is 31.1 Å². The van der Waals surface area contributed by atoms with Crippen LogP contribution in [0.2, 0.25) is 0 Å². The first kappa shape index (κ1) is 12.7. The van der Waals surface area contributed by atoms with Crippen molar-refractivity contribution < 1.29 is 17.9 Å². The van der Waals surface area contributed by atoms with E-state index in [1.807, 2.05) is 6.08 Å². The smallest absolute Gasteiger partial charge is 0.433 e. The van der Waals surface area contributed by atoms with Crippen LogP contribution in [0, 0.1) is 0 Å². The number of halogens is 3. The number of hydrogen-bond acceptors (Lipinski definition) is 3. The Bertz CT molecular complexity index is 414. The Kier molecular flexibility index (Phi) is 3.74. The van der Waals surface area contributed by atoms with Gasteiger partial charge in [0.1, 0.15) is 11.8 Å². The number of pyridine rings is 1. The molecule has 98 valence electrons. The highest BCUT2D eigenvalue weighted by Gasteiger charge is 2.32. The van der Waals surface area contributed by atoms with E-state index in [0.29, 0.717) is 12.2 Å². The SMILES string of the molecule is FC(F)(F)c1ccc(NCC2CCC=CO2)cn1. The maximum atomic E-state index is 12.3. The highest BCUT2D eigenvalue weighted by atomic mass is 19.4. The lowest BCUT2D eigenvalue weighted by Crippen LogP contribution is -2.23. The highest BCUT2D eigenvalue weighted by molar-refractivity contribution is 5.41. The maximum Gasteiger partial charge on any atom is 0.433 e. The Morgan fingerprint density at radius 3 is 2.78 bits per heavy atom. The third-order valence-electron chi connectivity index (χ3n) is 2.61. The molecule has 3 nitrogen and oxygen atoms in total. The Labute approximate surface area is 103 Å². The standard InChI is InChI=1S/C12H13F3N2O/c13-12(14,15)11-5-4-9(7-17-11)16-8-10-3-1-2-6-18-10/h2,4-7,10,16H,1,3,8H2. The molecule has 1 aliphatic heterocycles. The number of hydrogen-bond donors (Lipinski definition) is 1. The van der Waals surface area contributed by atoms with Crippen molar-refractivity contribution in [2.75, 3.05) is 11.9 Å². The molecule has 0 aliphatic carbocycles. The monoisotopic (exact) mass is 258 g/mol. The molecule has 18 heavy (non-hydrogen) atoms. The molecule has 0 radical (unpaired) electrons. The molecule has 0 aromatic carbocycles. The lowest BCUT2D eigenvalue weighted by Gasteiger charge is -2.20. The van der Waals surface area contributed by atoms with Crippen molar-refractivity contribution in [1.29, 1.82) is 0 Å². The molecular weight excluding hydrogens is 245 g/mol. The van der Waals surface area contributed by atoms with Gasteiger partial charge in [-0.25, -0.2) is 4.98 Å². The minimum absolute atomic E-state index is 0.0530. The second kappa shape index (κ2) is 5.29. The minimum Gasteiger partial charge on any atom is -0.497 e. The second-order valence-electron chi connectivity index (χ2n) is 4.02. The van der Waals surface area contributed by atoms with Crippen LogP contribution < -0.4 is 5.32 Å². The fourth-order valence-corrected chi connectivity index (χ4v) is 1.63. The van der Waals surface area contributed by atoms with E-state index < -0.39 is 11.9 Å². The number of ether oxygens (including phenoxy) is 1. The number of alkyl halides is 3. The van der Waals surface area contributed by atoms with Gasteiger partial charge in [0.25, 0.3) is 0 Å². The summed E-state index contributed by atoms with van der Waals surface area (Å²) in [6.07, 6.45) is 2.29. The van der Waals surface area contributed by atoms with Crippen LogP contribution in [0.25, 0.3) is 0 Å². The number of nitrogens with zero attached hydrogens (tertiary/aromatic N) is 1. The lowest BCUT2D eigenvalue weighted by molar-refractivity contribution is -0.141. The van der Waals surface area contributed by atoms with E-state index in [1.165, 1.54) is 12.3 Å². The van der Waals surface area contributed by atoms with E-state index in [4.69, 9.17) is 4.74 Å². The Hall–Kier alpha value is -1.72. The average molecular weight is 258 g/mol. The number of aromatic nitrogens is 1. The van der Waals surface area contributed by atoms with Gasteiger partial charge in [0.2, 0.25) is 0 Å². The molecule has 1 aromatic rings. The van der Waals surface area contributed by atoms with Gasteiger partial charge in [-0.3, -0.25) is 0 Å². The zero-order valence-corrected chi connectivity index (χ0v) is 9.57. The zero-order valence-electron chi connectivity index (χ0n) is 9.57. The molecule has 0 saturated heterocycles. The number of allylic oxidation sites excluding steroid dienone is 1. The van der Waals surface area contributed by atoms with Crippen LogP contribution in [0.3, 0.4) is 0 Å². The van der Waals surface area contributed by atoms with Crippen molar-refractivity contribution in [2.24, 2.45) is 0 Å². The second-order valence-corrected chi connectivity index (χ2v) is 4.02. The summed E-state index contributed by atoms with van der Waals surface area (Å²) in [5, 5.41) is 3.00. The van der Waals surface area contributed by atoms with Gasteiger partial charge >= 0.3 is 6.18 Å².